The number of hydrogen-bond donors (Lipinski definition) is 2. The van der Waals surface area contributed by atoms with Crippen molar-refractivity contribution in [1.82, 2.24) is 10.2 Å². The summed E-state index contributed by atoms with van der Waals surface area (Å²) < 4.78 is 5.49. The highest BCUT2D eigenvalue weighted by Crippen LogP contribution is 2.17. The van der Waals surface area contributed by atoms with Gasteiger partial charge in [-0.3, -0.25) is 0 Å². The molecule has 1 heterocycles. The number of aliphatic hydroxyl groups excluding tert-OH is 1. The quantitative estimate of drug-likeness (QED) is 0.602. The van der Waals surface area contributed by atoms with Crippen molar-refractivity contribution in [3.8, 4) is 0 Å². The van der Waals surface area contributed by atoms with Crippen LogP contribution in [0, 0.1) is 5.92 Å². The molecule has 0 aliphatic carbocycles. The van der Waals surface area contributed by atoms with Crippen LogP contribution in [0.1, 0.15) is 46.5 Å². The van der Waals surface area contributed by atoms with Crippen molar-refractivity contribution < 1.29 is 9.84 Å². The normalized spacial score (nSPS) is 25.8. The molecule has 1 fully saturated rings. The van der Waals surface area contributed by atoms with Gasteiger partial charge in [0.1, 0.15) is 0 Å². The molecule has 3 unspecified atom stereocenters. The Balaban J connectivity index is 2.16. The molecule has 0 aromatic carbocycles. The summed E-state index contributed by atoms with van der Waals surface area (Å²) in [5.74, 6) is 0.656. The maximum absolute atomic E-state index is 10.0. The Labute approximate surface area is 124 Å². The third kappa shape index (κ3) is 7.02. The SMILES string of the molecule is CCCCOCC(O)CN1CCC(NCCC)C(C)C1. The number of unbranched alkanes of at least 4 members (excludes halogenated alkanes) is 1. The van der Waals surface area contributed by atoms with Crippen LogP contribution >= 0.6 is 0 Å². The van der Waals surface area contributed by atoms with Crippen molar-refractivity contribution >= 4 is 0 Å². The number of ether oxygens (including phenoxy) is 1. The summed E-state index contributed by atoms with van der Waals surface area (Å²) in [7, 11) is 0. The van der Waals surface area contributed by atoms with E-state index in [9.17, 15) is 5.11 Å². The van der Waals surface area contributed by atoms with Crippen molar-refractivity contribution in [2.24, 2.45) is 5.92 Å². The highest BCUT2D eigenvalue weighted by atomic mass is 16.5. The predicted octanol–water partition coefficient (Wildman–Crippen LogP) is 1.87. The molecule has 0 saturated carbocycles. The van der Waals surface area contributed by atoms with Gasteiger partial charge in [0.25, 0.3) is 0 Å². The number of β-amino-alcohol motifs (C(OH)–C–C–N with tert-alkyl or cyclic N) is 1. The van der Waals surface area contributed by atoms with Gasteiger partial charge < -0.3 is 20.1 Å². The Hall–Kier alpha value is -0.160. The monoisotopic (exact) mass is 286 g/mol. The molecule has 0 aromatic heterocycles. The number of hydrogen-bond acceptors (Lipinski definition) is 4. The van der Waals surface area contributed by atoms with Crippen molar-refractivity contribution in [2.75, 3.05) is 39.4 Å². The first-order valence-electron chi connectivity index (χ1n) is 8.38. The van der Waals surface area contributed by atoms with Gasteiger partial charge >= 0.3 is 0 Å². The molecule has 1 rings (SSSR count). The van der Waals surface area contributed by atoms with Gasteiger partial charge in [0.05, 0.1) is 12.7 Å². The molecule has 0 bridgehead atoms. The van der Waals surface area contributed by atoms with Gasteiger partial charge in [-0.2, -0.15) is 0 Å². The number of rotatable bonds is 10. The molecular weight excluding hydrogens is 252 g/mol. The average Bonchev–Trinajstić information content (AvgIpc) is 2.43. The highest BCUT2D eigenvalue weighted by molar-refractivity contribution is 4.83. The third-order valence-corrected chi connectivity index (χ3v) is 4.07. The second-order valence-electron chi connectivity index (χ2n) is 6.17. The molecule has 4 heteroatoms. The van der Waals surface area contributed by atoms with Crippen LogP contribution in [-0.4, -0.2) is 61.5 Å². The standard InChI is InChI=1S/C16H34N2O2/c1-4-6-10-20-13-15(19)12-18-9-7-16(14(3)11-18)17-8-5-2/h14-17,19H,4-13H2,1-3H3. The van der Waals surface area contributed by atoms with Crippen LogP contribution in [-0.2, 0) is 4.74 Å². The van der Waals surface area contributed by atoms with Gasteiger partial charge in [-0.05, 0) is 38.3 Å². The van der Waals surface area contributed by atoms with Gasteiger partial charge in [0.2, 0.25) is 0 Å². The van der Waals surface area contributed by atoms with E-state index in [2.05, 4.69) is 31.0 Å². The topological polar surface area (TPSA) is 44.7 Å². The van der Waals surface area contributed by atoms with Crippen LogP contribution in [0.2, 0.25) is 0 Å². The lowest BCUT2D eigenvalue weighted by molar-refractivity contribution is 0.00624. The molecule has 1 saturated heterocycles. The molecule has 20 heavy (non-hydrogen) atoms. The fraction of sp³-hybridized carbons (Fsp3) is 1.00. The van der Waals surface area contributed by atoms with E-state index >= 15 is 0 Å². The number of piperidine rings is 1. The van der Waals surface area contributed by atoms with Crippen LogP contribution in [0.3, 0.4) is 0 Å². The molecule has 0 spiro atoms. The molecule has 1 aliphatic heterocycles. The first-order valence-corrected chi connectivity index (χ1v) is 8.38. The zero-order valence-electron chi connectivity index (χ0n) is 13.6. The van der Waals surface area contributed by atoms with Gasteiger partial charge in [-0.15, -0.1) is 0 Å². The molecule has 120 valence electrons. The first-order chi connectivity index (χ1) is 9.67. The van der Waals surface area contributed by atoms with Crippen LogP contribution in [0.25, 0.3) is 0 Å². The average molecular weight is 286 g/mol. The molecule has 2 N–H and O–H groups in total. The van der Waals surface area contributed by atoms with Gasteiger partial charge in [0, 0.05) is 25.7 Å². The zero-order valence-corrected chi connectivity index (χ0v) is 13.6. The van der Waals surface area contributed by atoms with Crippen LogP contribution < -0.4 is 5.32 Å². The van der Waals surface area contributed by atoms with E-state index in [1.165, 1.54) is 12.8 Å². The Bertz CT molecular complexity index is 239. The Morgan fingerprint density at radius 1 is 1.35 bits per heavy atom. The predicted molar refractivity (Wildman–Crippen MR) is 84.0 cm³/mol. The number of nitrogens with one attached hydrogen (secondary N) is 1. The van der Waals surface area contributed by atoms with Crippen LogP contribution in [0.15, 0.2) is 0 Å². The van der Waals surface area contributed by atoms with Crippen molar-refractivity contribution in [3.05, 3.63) is 0 Å². The van der Waals surface area contributed by atoms with Gasteiger partial charge in [-0.1, -0.05) is 27.2 Å². The van der Waals surface area contributed by atoms with E-state index in [1.54, 1.807) is 0 Å². The van der Waals surface area contributed by atoms with E-state index < -0.39 is 0 Å². The minimum atomic E-state index is -0.348. The maximum atomic E-state index is 10.0. The zero-order chi connectivity index (χ0) is 14.8. The fourth-order valence-corrected chi connectivity index (χ4v) is 2.85. The second kappa shape index (κ2) is 10.6. The van der Waals surface area contributed by atoms with Crippen molar-refractivity contribution in [3.63, 3.8) is 0 Å². The molecule has 0 radical (unpaired) electrons. The van der Waals surface area contributed by atoms with E-state index in [4.69, 9.17) is 4.74 Å². The Kier molecular flexibility index (Phi) is 9.44. The summed E-state index contributed by atoms with van der Waals surface area (Å²) in [6.07, 6.45) is 4.26. The maximum Gasteiger partial charge on any atom is 0.0900 e. The van der Waals surface area contributed by atoms with E-state index in [1.807, 2.05) is 0 Å². The van der Waals surface area contributed by atoms with E-state index in [0.717, 1.165) is 45.6 Å². The van der Waals surface area contributed by atoms with E-state index in [0.29, 0.717) is 18.6 Å². The highest BCUT2D eigenvalue weighted by Gasteiger charge is 2.26. The third-order valence-electron chi connectivity index (χ3n) is 4.07. The summed E-state index contributed by atoms with van der Waals surface area (Å²) >= 11 is 0. The summed E-state index contributed by atoms with van der Waals surface area (Å²) in [4.78, 5) is 2.38. The lowest BCUT2D eigenvalue weighted by Crippen LogP contribution is -2.50. The molecule has 3 atom stereocenters. The molecular formula is C16H34N2O2. The van der Waals surface area contributed by atoms with E-state index in [-0.39, 0.29) is 6.10 Å². The Morgan fingerprint density at radius 3 is 2.80 bits per heavy atom. The van der Waals surface area contributed by atoms with Crippen molar-refractivity contribution in [1.29, 1.82) is 0 Å². The van der Waals surface area contributed by atoms with Gasteiger partial charge in [-0.25, -0.2) is 0 Å². The first kappa shape index (κ1) is 17.9. The molecule has 1 aliphatic rings. The summed E-state index contributed by atoms with van der Waals surface area (Å²) in [5.41, 5.74) is 0. The Morgan fingerprint density at radius 2 is 2.15 bits per heavy atom. The largest absolute Gasteiger partial charge is 0.389 e. The van der Waals surface area contributed by atoms with Gasteiger partial charge in [0.15, 0.2) is 0 Å². The summed E-state index contributed by atoms with van der Waals surface area (Å²) in [6.45, 7) is 11.9. The smallest absolute Gasteiger partial charge is 0.0900 e. The van der Waals surface area contributed by atoms with Crippen LogP contribution in [0.4, 0.5) is 0 Å². The second-order valence-corrected chi connectivity index (χ2v) is 6.17. The molecule has 0 aromatic rings. The lowest BCUT2D eigenvalue weighted by Gasteiger charge is -2.38. The molecule has 0 amide bonds. The lowest BCUT2D eigenvalue weighted by atomic mass is 9.93. The fourth-order valence-electron chi connectivity index (χ4n) is 2.85. The minimum Gasteiger partial charge on any atom is -0.389 e. The minimum absolute atomic E-state index is 0.348. The summed E-state index contributed by atoms with van der Waals surface area (Å²) in [5, 5.41) is 13.6. The number of nitrogens with zero attached hydrogens (tertiary/aromatic N) is 1. The van der Waals surface area contributed by atoms with Crippen molar-refractivity contribution in [2.45, 2.75) is 58.6 Å². The van der Waals surface area contributed by atoms with Crippen LogP contribution in [0.5, 0.6) is 0 Å². The number of likely N-dealkylation sites (tertiary alicyclic amines) is 1. The summed E-state index contributed by atoms with van der Waals surface area (Å²) in [6, 6.07) is 0.643. The molecule has 4 nitrogen and oxygen atoms in total. The number of aliphatic hydroxyl groups is 1.